The van der Waals surface area contributed by atoms with Gasteiger partial charge < -0.3 is 0 Å². The van der Waals surface area contributed by atoms with Crippen molar-refractivity contribution in [2.75, 3.05) is 0 Å². The van der Waals surface area contributed by atoms with E-state index in [1.807, 2.05) is 0 Å². The minimum absolute atomic E-state index is 0.0307. The Morgan fingerprint density at radius 2 is 1.10 bits per heavy atom. The fraction of sp³-hybridized carbons (Fsp3) is 0.176. The fourth-order valence-corrected chi connectivity index (χ4v) is 6.66. The Morgan fingerprint density at radius 1 is 0.688 bits per heavy atom. The van der Waals surface area contributed by atoms with Crippen molar-refractivity contribution < 1.29 is 39.5 Å². The number of halogens is 9. The van der Waals surface area contributed by atoms with Gasteiger partial charge in [-0.25, -0.2) is 0 Å². The highest BCUT2D eigenvalue weighted by molar-refractivity contribution is 8.00. The largest absolute Gasteiger partial charge is 0.523 e. The molecule has 4 nitrogen and oxygen atoms in total. The van der Waals surface area contributed by atoms with E-state index in [1.54, 1.807) is 6.92 Å². The molecule has 14 heteroatoms. The number of rotatable bonds is 3. The van der Waals surface area contributed by atoms with Crippen LogP contribution in [0.3, 0.4) is 0 Å². The van der Waals surface area contributed by atoms with Crippen LogP contribution in [0.15, 0.2) is 76.0 Å². The summed E-state index contributed by atoms with van der Waals surface area (Å²) in [5.74, 6) is -0.720. The molecule has 0 amide bonds. The molecule has 0 spiro atoms. The molecule has 0 aliphatic heterocycles. The SMILES string of the molecule is [C-]#[N+]C([N+]#[C-])=C1Cc2c(C(F)(F)F)c3c(c(C(F)(F)F)c2=C1c1ccc(C)cc1)CC(=C(C#N)C#N)C=3c1ccc(SC(F)(F)F)cc1. The third-order valence-corrected chi connectivity index (χ3v) is 8.55. The summed E-state index contributed by atoms with van der Waals surface area (Å²) in [6.07, 6.45) is -12.5. The summed E-state index contributed by atoms with van der Waals surface area (Å²) in [6, 6.07) is 12.6. The number of hydrogen-bond donors (Lipinski definition) is 0. The number of alkyl halides is 9. The molecule has 48 heavy (non-hydrogen) atoms. The summed E-state index contributed by atoms with van der Waals surface area (Å²) < 4.78 is 131. The van der Waals surface area contributed by atoms with Crippen LogP contribution in [0.4, 0.5) is 39.5 Å². The summed E-state index contributed by atoms with van der Waals surface area (Å²) in [7, 11) is 0. The zero-order valence-electron chi connectivity index (χ0n) is 24.1. The van der Waals surface area contributed by atoms with Gasteiger partial charge in [0.1, 0.15) is 30.9 Å². The predicted molar refractivity (Wildman–Crippen MR) is 156 cm³/mol. The van der Waals surface area contributed by atoms with E-state index in [1.165, 1.54) is 36.4 Å². The second-order valence-electron chi connectivity index (χ2n) is 10.6. The molecule has 240 valence electrons. The molecule has 3 aromatic carbocycles. The van der Waals surface area contributed by atoms with Gasteiger partial charge in [-0.1, -0.05) is 42.0 Å². The third-order valence-electron chi connectivity index (χ3n) is 7.81. The Kier molecular flexibility index (Phi) is 8.46. The molecule has 0 aromatic heterocycles. The summed E-state index contributed by atoms with van der Waals surface area (Å²) in [5, 5.41) is 17.6. The lowest BCUT2D eigenvalue weighted by Gasteiger charge is -2.19. The fourth-order valence-electron chi connectivity index (χ4n) is 6.12. The number of hydrogen-bond acceptors (Lipinski definition) is 3. The van der Waals surface area contributed by atoms with Crippen LogP contribution in [0, 0.1) is 42.7 Å². The van der Waals surface area contributed by atoms with Crippen LogP contribution in [0.2, 0.25) is 0 Å². The van der Waals surface area contributed by atoms with Gasteiger partial charge in [-0.3, -0.25) is 0 Å². The van der Waals surface area contributed by atoms with E-state index in [4.69, 9.17) is 13.1 Å². The molecule has 3 aromatic rings. The lowest BCUT2D eigenvalue weighted by Crippen LogP contribution is -2.36. The molecule has 0 unspecified atom stereocenters. The first kappa shape index (κ1) is 33.9. The number of thioether (sulfide) groups is 1. The maximum absolute atomic E-state index is 15.3. The number of benzene rings is 3. The number of aryl methyl sites for hydroxylation is 1. The van der Waals surface area contributed by atoms with E-state index >= 15 is 26.3 Å². The van der Waals surface area contributed by atoms with E-state index in [0.29, 0.717) is 5.56 Å². The molecule has 5 rings (SSSR count). The van der Waals surface area contributed by atoms with Gasteiger partial charge in [0.25, 0.3) is 0 Å². The first-order valence-electron chi connectivity index (χ1n) is 13.5. The van der Waals surface area contributed by atoms with Crippen molar-refractivity contribution in [1.82, 2.24) is 0 Å². The molecule has 0 atom stereocenters. The second-order valence-corrected chi connectivity index (χ2v) is 11.7. The van der Waals surface area contributed by atoms with Gasteiger partial charge in [-0.2, -0.15) is 59.7 Å². The van der Waals surface area contributed by atoms with Crippen molar-refractivity contribution in [2.45, 2.75) is 42.5 Å². The van der Waals surface area contributed by atoms with Gasteiger partial charge in [0.05, 0.1) is 16.7 Å². The molecule has 0 saturated carbocycles. The van der Waals surface area contributed by atoms with Crippen LogP contribution in [-0.2, 0) is 25.2 Å². The van der Waals surface area contributed by atoms with Crippen molar-refractivity contribution in [1.29, 1.82) is 10.5 Å². The van der Waals surface area contributed by atoms with E-state index in [9.17, 15) is 23.7 Å². The topological polar surface area (TPSA) is 56.3 Å². The molecule has 2 aliphatic carbocycles. The van der Waals surface area contributed by atoms with Crippen LogP contribution in [-0.4, -0.2) is 5.51 Å². The maximum Gasteiger partial charge on any atom is 0.523 e. The molecule has 0 bridgehead atoms. The average molecular weight is 683 g/mol. The van der Waals surface area contributed by atoms with Gasteiger partial charge in [-0.05, 0) is 86.6 Å². The molecule has 0 N–H and O–H groups in total. The van der Waals surface area contributed by atoms with Gasteiger partial charge in [0.15, 0.2) is 0 Å². The molecule has 0 fully saturated rings. The van der Waals surface area contributed by atoms with Crippen molar-refractivity contribution in [2.24, 2.45) is 0 Å². The second kappa shape index (κ2) is 12.0. The average Bonchev–Trinajstić information content (AvgIpc) is 3.55. The standard InChI is InChI=1S/C34H15F9N4S/c1-16-4-6-17(7-5-16)26-24(31(46-2)47-3)13-23-28(26)29(32(35,36)37)22-12-21(19(14-44)15-45)25(27(22)30(23)33(38,39)40)18-8-10-20(11-9-18)48-34(41,42)43/h4-11H,12-13H2,1H3. The maximum atomic E-state index is 15.3. The summed E-state index contributed by atoms with van der Waals surface area (Å²) in [4.78, 5) is 5.85. The van der Waals surface area contributed by atoms with Gasteiger partial charge in [0.2, 0.25) is 0 Å². The highest BCUT2D eigenvalue weighted by Crippen LogP contribution is 2.45. The summed E-state index contributed by atoms with van der Waals surface area (Å²) in [6.45, 7) is 16.7. The summed E-state index contributed by atoms with van der Waals surface area (Å²) in [5.41, 5.74) is -11.5. The number of nitriles is 2. The van der Waals surface area contributed by atoms with E-state index < -0.39 is 97.7 Å². The van der Waals surface area contributed by atoms with Crippen LogP contribution < -0.4 is 10.4 Å². The van der Waals surface area contributed by atoms with Gasteiger partial charge >= 0.3 is 23.7 Å². The summed E-state index contributed by atoms with van der Waals surface area (Å²) >= 11 is -0.522. The van der Waals surface area contributed by atoms with Crippen LogP contribution >= 0.6 is 11.8 Å². The highest BCUT2D eigenvalue weighted by Gasteiger charge is 2.48. The minimum Gasteiger partial charge on any atom is -0.192 e. The smallest absolute Gasteiger partial charge is 0.192 e. The van der Waals surface area contributed by atoms with Crippen molar-refractivity contribution in [3.63, 3.8) is 0 Å². The van der Waals surface area contributed by atoms with Crippen LogP contribution in [0.1, 0.15) is 38.9 Å². The first-order chi connectivity index (χ1) is 22.4. The Hall–Kier alpha value is -5.44. The van der Waals surface area contributed by atoms with Gasteiger partial charge in [0, 0.05) is 11.3 Å². The molecule has 0 heterocycles. The van der Waals surface area contributed by atoms with Gasteiger partial charge in [-0.15, -0.1) is 0 Å². The lowest BCUT2D eigenvalue weighted by atomic mass is 9.90. The third kappa shape index (κ3) is 5.92. The van der Waals surface area contributed by atoms with Crippen molar-refractivity contribution in [3.8, 4) is 12.1 Å². The van der Waals surface area contributed by atoms with E-state index in [2.05, 4.69) is 9.69 Å². The normalized spacial score (nSPS) is 14.1. The first-order valence-corrected chi connectivity index (χ1v) is 14.3. The zero-order valence-corrected chi connectivity index (χ0v) is 24.9. The number of fused-ring (bicyclic) bond motifs is 2. The highest BCUT2D eigenvalue weighted by atomic mass is 32.2. The Balaban J connectivity index is 2.11. The monoisotopic (exact) mass is 682 g/mol. The quantitative estimate of drug-likeness (QED) is 0.121. The van der Waals surface area contributed by atoms with Crippen LogP contribution in [0.5, 0.6) is 0 Å². The number of nitrogens with zero attached hydrogens (tertiary/aromatic N) is 4. The number of allylic oxidation sites excluding steroid dienone is 3. The molecular weight excluding hydrogens is 667 g/mol. The zero-order chi connectivity index (χ0) is 35.3. The Labute approximate surface area is 270 Å². The lowest BCUT2D eigenvalue weighted by molar-refractivity contribution is -0.143. The molecular formula is C34H15F9N4S. The van der Waals surface area contributed by atoms with Crippen molar-refractivity contribution in [3.05, 3.63) is 143 Å². The Bertz CT molecular complexity index is 2210. The molecule has 0 saturated heterocycles. The van der Waals surface area contributed by atoms with E-state index in [-0.39, 0.29) is 27.2 Å². The van der Waals surface area contributed by atoms with Crippen LogP contribution in [0.25, 0.3) is 20.8 Å². The molecule has 2 aliphatic rings. The molecule has 0 radical (unpaired) electrons. The van der Waals surface area contributed by atoms with Crippen molar-refractivity contribution >= 4 is 22.9 Å². The minimum atomic E-state index is -5.35. The van der Waals surface area contributed by atoms with E-state index in [0.717, 1.165) is 24.3 Å². The predicted octanol–water partition coefficient (Wildman–Crippen LogP) is 8.55. The Morgan fingerprint density at radius 3 is 1.50 bits per heavy atom.